The lowest BCUT2D eigenvalue weighted by atomic mass is 9.80. The van der Waals surface area contributed by atoms with Gasteiger partial charge in [-0.3, -0.25) is 0 Å². The molecule has 0 radical (unpaired) electrons. The van der Waals surface area contributed by atoms with Gasteiger partial charge in [0, 0.05) is 32.2 Å². The monoisotopic (exact) mass is 578 g/mol. The highest BCUT2D eigenvalue weighted by Crippen LogP contribution is 2.47. The molecular formula is C35H50N2O5. The highest BCUT2D eigenvalue weighted by molar-refractivity contribution is 6.03. The second-order valence-electron chi connectivity index (χ2n) is 12.6. The summed E-state index contributed by atoms with van der Waals surface area (Å²) in [5.74, 6) is 2.58. The van der Waals surface area contributed by atoms with Crippen LogP contribution in [-0.4, -0.2) is 59.5 Å². The molecular weight excluding hydrogens is 528 g/mol. The summed E-state index contributed by atoms with van der Waals surface area (Å²) >= 11 is 0. The highest BCUT2D eigenvalue weighted by atomic mass is 16.5. The topological polar surface area (TPSA) is 104 Å². The fraction of sp³-hybridized carbons (Fsp3) is 0.629. The molecule has 7 heteroatoms. The van der Waals surface area contributed by atoms with Crippen LogP contribution in [0.5, 0.6) is 11.5 Å². The van der Waals surface area contributed by atoms with Crippen LogP contribution in [0, 0.1) is 29.9 Å². The molecule has 1 aromatic rings. The van der Waals surface area contributed by atoms with Crippen molar-refractivity contribution in [2.75, 3.05) is 26.3 Å². The number of aliphatic imine (C=N–C) groups is 1. The number of hydrogen-bond acceptors (Lipinski definition) is 7. The lowest BCUT2D eigenvalue weighted by Crippen LogP contribution is -2.34. The van der Waals surface area contributed by atoms with Gasteiger partial charge < -0.3 is 30.1 Å². The van der Waals surface area contributed by atoms with Gasteiger partial charge in [-0.25, -0.2) is 0 Å². The van der Waals surface area contributed by atoms with Crippen LogP contribution in [0.2, 0.25) is 0 Å². The Bertz CT molecular complexity index is 1130. The Morgan fingerprint density at radius 2 is 2.14 bits per heavy atom. The summed E-state index contributed by atoms with van der Waals surface area (Å²) in [5.41, 5.74) is 4.68. The number of hydrogen-bond donors (Lipinski definition) is 4. The Kier molecular flexibility index (Phi) is 10.9. The number of aliphatic hydroxyl groups excluding tert-OH is 2. The molecule has 5 unspecified atom stereocenters. The number of nitrogens with one attached hydrogen (secondary N) is 1. The van der Waals surface area contributed by atoms with E-state index in [0.717, 1.165) is 74.3 Å². The first-order valence-electron chi connectivity index (χ1n) is 16.3. The third-order valence-corrected chi connectivity index (χ3v) is 9.48. The first-order chi connectivity index (χ1) is 20.4. The van der Waals surface area contributed by atoms with E-state index in [1.807, 2.05) is 25.1 Å². The van der Waals surface area contributed by atoms with Crippen LogP contribution in [0.15, 0.2) is 46.5 Å². The molecule has 0 amide bonds. The standard InChI is InChI=1S/C35H50N2O5/c1-3-4-8-34-26(22-38)18-28(42-34)12-9-24-10-14-33(40)35(17-24)41-16-15-27-19-30-31(21-36-20-23(2)39)29-7-5-6-25(29)11-13-32(30)37-27/h10,14,17-19,23,25,29,31,34,36,38-40H,3-9,11-13,15-16,20-22H2,1-2H3. The molecule has 2 aliphatic carbocycles. The summed E-state index contributed by atoms with van der Waals surface area (Å²) in [7, 11) is 0. The molecule has 0 aromatic heterocycles. The van der Waals surface area contributed by atoms with E-state index in [2.05, 4.69) is 18.3 Å². The molecule has 42 heavy (non-hydrogen) atoms. The highest BCUT2D eigenvalue weighted by Gasteiger charge is 2.46. The second-order valence-corrected chi connectivity index (χ2v) is 12.6. The van der Waals surface area contributed by atoms with Crippen molar-refractivity contribution < 1.29 is 24.8 Å². The van der Waals surface area contributed by atoms with Gasteiger partial charge in [-0.1, -0.05) is 51.2 Å². The average molecular weight is 579 g/mol. The number of nitrogens with zero attached hydrogens (tertiary/aromatic N) is 1. The number of benzene rings is 1. The van der Waals surface area contributed by atoms with Crippen LogP contribution in [0.4, 0.5) is 0 Å². The van der Waals surface area contributed by atoms with Gasteiger partial charge in [-0.2, -0.15) is 11.6 Å². The van der Waals surface area contributed by atoms with Gasteiger partial charge in [-0.15, -0.1) is 4.99 Å². The zero-order valence-electron chi connectivity index (χ0n) is 25.5. The van der Waals surface area contributed by atoms with Crippen molar-refractivity contribution >= 4 is 5.71 Å². The van der Waals surface area contributed by atoms with Crippen LogP contribution in [0.3, 0.4) is 0 Å². The smallest absolute Gasteiger partial charge is 0.189 e. The molecule has 0 bridgehead atoms. The number of rotatable bonds is 15. The third-order valence-electron chi connectivity index (χ3n) is 9.48. The predicted molar refractivity (Wildman–Crippen MR) is 166 cm³/mol. The summed E-state index contributed by atoms with van der Waals surface area (Å²) < 4.78 is 12.2. The number of unbranched alkanes of at least 4 members (excludes halogenated alkanes) is 1. The van der Waals surface area contributed by atoms with Crippen molar-refractivity contribution in [2.45, 2.75) is 96.7 Å². The predicted octanol–water partition coefficient (Wildman–Crippen LogP) is 5.84. The van der Waals surface area contributed by atoms with E-state index in [1.165, 1.54) is 37.0 Å². The minimum atomic E-state index is -0.344. The van der Waals surface area contributed by atoms with Gasteiger partial charge in [0.05, 0.1) is 24.5 Å². The first kappa shape index (κ1) is 31.0. The second kappa shape index (κ2) is 14.8. The Labute approximate surface area is 252 Å². The van der Waals surface area contributed by atoms with Crippen molar-refractivity contribution in [1.82, 2.24) is 5.32 Å². The van der Waals surface area contributed by atoms with Crippen molar-refractivity contribution in [3.8, 4) is 11.5 Å². The summed E-state index contributed by atoms with van der Waals surface area (Å²) in [6, 6.07) is 6.62. The Morgan fingerprint density at radius 1 is 1.26 bits per heavy atom. The van der Waals surface area contributed by atoms with E-state index in [-0.39, 0.29) is 24.6 Å². The molecule has 2 heterocycles. The minimum absolute atomic E-state index is 0.00104. The molecule has 4 aliphatic rings. The summed E-state index contributed by atoms with van der Waals surface area (Å²) in [4.78, 5) is 5.05. The molecule has 0 saturated heterocycles. The van der Waals surface area contributed by atoms with Gasteiger partial charge in [0.15, 0.2) is 23.3 Å². The van der Waals surface area contributed by atoms with Crippen LogP contribution in [0.25, 0.3) is 0 Å². The number of aliphatic hydroxyl groups is 2. The van der Waals surface area contributed by atoms with Crippen molar-refractivity contribution in [2.24, 2.45) is 22.7 Å². The number of aryl methyl sites for hydroxylation is 1. The van der Waals surface area contributed by atoms with Crippen molar-refractivity contribution in [3.05, 3.63) is 59.2 Å². The van der Waals surface area contributed by atoms with Crippen LogP contribution in [0.1, 0.15) is 83.6 Å². The maximum atomic E-state index is 10.5. The van der Waals surface area contributed by atoms with Crippen molar-refractivity contribution in [3.63, 3.8) is 0 Å². The molecule has 2 fully saturated rings. The fourth-order valence-corrected chi connectivity index (χ4v) is 7.27. The van der Waals surface area contributed by atoms with Gasteiger partial charge in [0.25, 0.3) is 0 Å². The first-order valence-corrected chi connectivity index (χ1v) is 16.3. The maximum absolute atomic E-state index is 10.5. The van der Waals surface area contributed by atoms with Gasteiger partial charge in [0.2, 0.25) is 0 Å². The Morgan fingerprint density at radius 3 is 2.95 bits per heavy atom. The lowest BCUT2D eigenvalue weighted by molar-refractivity contribution is 0.103. The summed E-state index contributed by atoms with van der Waals surface area (Å²) in [6.07, 6.45) is 16.4. The average Bonchev–Trinajstić information content (AvgIpc) is 3.70. The fourth-order valence-electron chi connectivity index (χ4n) is 7.27. The van der Waals surface area contributed by atoms with E-state index in [9.17, 15) is 15.3 Å². The van der Waals surface area contributed by atoms with E-state index >= 15 is 0 Å². The molecule has 0 spiro atoms. The summed E-state index contributed by atoms with van der Waals surface area (Å²) in [5, 5.41) is 33.5. The Hall–Kier alpha value is -2.45. The third kappa shape index (κ3) is 7.73. The lowest BCUT2D eigenvalue weighted by Gasteiger charge is -2.24. The van der Waals surface area contributed by atoms with Crippen LogP contribution >= 0.6 is 0 Å². The quantitative estimate of drug-likeness (QED) is 0.195. The largest absolute Gasteiger partial charge is 0.504 e. The van der Waals surface area contributed by atoms with Crippen LogP contribution in [-0.2, 0) is 11.2 Å². The zero-order valence-corrected chi connectivity index (χ0v) is 25.5. The maximum Gasteiger partial charge on any atom is 0.189 e. The molecule has 5 rings (SSSR count). The normalized spacial score (nSPS) is 26.0. The van der Waals surface area contributed by atoms with E-state index < -0.39 is 0 Å². The van der Waals surface area contributed by atoms with Crippen molar-refractivity contribution in [1.29, 1.82) is 0 Å². The molecule has 1 aromatic carbocycles. The molecule has 2 aliphatic heterocycles. The molecule has 2 saturated carbocycles. The van der Waals surface area contributed by atoms with Gasteiger partial charge in [0.1, 0.15) is 12.2 Å². The summed E-state index contributed by atoms with van der Waals surface area (Å²) in [6.45, 7) is 5.99. The van der Waals surface area contributed by atoms with E-state index in [0.29, 0.717) is 37.2 Å². The SMILES string of the molecule is CCCCC1O[C-](CCc2ccc(O)c(OCC[C+]3C=C4C(=N3)CCC3CCCC3C4CNCC(C)O)c2)C=C1CO. The number of phenols is 1. The number of aromatic hydroxyl groups is 1. The van der Waals surface area contributed by atoms with Gasteiger partial charge >= 0.3 is 0 Å². The molecule has 230 valence electrons. The molecule has 7 nitrogen and oxygen atoms in total. The number of fused-ring (bicyclic) bond motifs is 2. The number of ether oxygens (including phenoxy) is 2. The zero-order chi connectivity index (χ0) is 29.5. The molecule has 4 N–H and O–H groups in total. The van der Waals surface area contributed by atoms with E-state index in [4.69, 9.17) is 14.5 Å². The van der Waals surface area contributed by atoms with Gasteiger partial charge in [-0.05, 0) is 62.1 Å². The molecule has 5 atom stereocenters. The Balaban J connectivity index is 1.14. The van der Waals surface area contributed by atoms with Crippen LogP contribution < -0.4 is 10.1 Å². The number of phenolic OH excluding ortho intramolecular Hbond substituents is 1. The van der Waals surface area contributed by atoms with E-state index in [1.54, 1.807) is 6.07 Å². The minimum Gasteiger partial charge on any atom is -0.504 e.